The summed E-state index contributed by atoms with van der Waals surface area (Å²) >= 11 is 1.55. The summed E-state index contributed by atoms with van der Waals surface area (Å²) in [7, 11) is 0. The second kappa shape index (κ2) is 4.99. The zero-order valence-electron chi connectivity index (χ0n) is 9.33. The SMILES string of the molecule is CC(C)C(C)(O)CSc1ccc(F)cc1. The molecule has 1 rings (SSSR count). The molecule has 1 nitrogen and oxygen atoms in total. The van der Waals surface area contributed by atoms with Crippen LogP contribution in [0.2, 0.25) is 0 Å². The summed E-state index contributed by atoms with van der Waals surface area (Å²) in [5.74, 6) is 0.608. The lowest BCUT2D eigenvalue weighted by Crippen LogP contribution is -2.33. The first-order valence-electron chi connectivity index (χ1n) is 5.02. The summed E-state index contributed by atoms with van der Waals surface area (Å²) in [6.45, 7) is 5.81. The minimum absolute atomic E-state index is 0.213. The molecule has 0 spiro atoms. The van der Waals surface area contributed by atoms with Crippen molar-refractivity contribution >= 4 is 11.8 Å². The van der Waals surface area contributed by atoms with Gasteiger partial charge in [-0.25, -0.2) is 4.39 Å². The van der Waals surface area contributed by atoms with Crippen molar-refractivity contribution in [3.8, 4) is 0 Å². The monoisotopic (exact) mass is 228 g/mol. The molecule has 84 valence electrons. The van der Waals surface area contributed by atoms with Crippen molar-refractivity contribution in [3.63, 3.8) is 0 Å². The topological polar surface area (TPSA) is 20.2 Å². The molecule has 3 heteroatoms. The standard InChI is InChI=1S/C12H17FOS/c1-9(2)12(3,14)8-15-11-6-4-10(13)5-7-11/h4-7,9,14H,8H2,1-3H3. The quantitative estimate of drug-likeness (QED) is 0.798. The highest BCUT2D eigenvalue weighted by Gasteiger charge is 2.24. The Bertz CT molecular complexity index is 306. The molecule has 0 radical (unpaired) electrons. The van der Waals surface area contributed by atoms with Gasteiger partial charge in [0.2, 0.25) is 0 Å². The molecule has 0 heterocycles. The Morgan fingerprint density at radius 1 is 1.33 bits per heavy atom. The summed E-state index contributed by atoms with van der Waals surface area (Å²) in [6.07, 6.45) is 0. The number of aliphatic hydroxyl groups is 1. The van der Waals surface area contributed by atoms with Crippen LogP contribution in [0.3, 0.4) is 0 Å². The molecule has 1 N–H and O–H groups in total. The molecule has 0 fully saturated rings. The Balaban J connectivity index is 2.54. The fourth-order valence-electron chi connectivity index (χ4n) is 0.927. The molecular formula is C12H17FOS. The van der Waals surface area contributed by atoms with Gasteiger partial charge >= 0.3 is 0 Å². The minimum Gasteiger partial charge on any atom is -0.389 e. The van der Waals surface area contributed by atoms with Gasteiger partial charge in [-0.2, -0.15) is 0 Å². The second-order valence-electron chi connectivity index (χ2n) is 4.25. The predicted molar refractivity (Wildman–Crippen MR) is 62.6 cm³/mol. The maximum Gasteiger partial charge on any atom is 0.123 e. The van der Waals surface area contributed by atoms with Crippen molar-refractivity contribution < 1.29 is 9.50 Å². The van der Waals surface area contributed by atoms with E-state index in [-0.39, 0.29) is 11.7 Å². The van der Waals surface area contributed by atoms with E-state index in [2.05, 4.69) is 0 Å². The molecule has 0 saturated carbocycles. The third kappa shape index (κ3) is 3.84. The third-order valence-electron chi connectivity index (χ3n) is 2.59. The van der Waals surface area contributed by atoms with Crippen molar-refractivity contribution in [2.45, 2.75) is 31.3 Å². The molecule has 0 aromatic heterocycles. The third-order valence-corrected chi connectivity index (χ3v) is 3.92. The van der Waals surface area contributed by atoms with Gasteiger partial charge in [0.1, 0.15) is 5.82 Å². The first kappa shape index (κ1) is 12.5. The Labute approximate surface area is 94.7 Å². The van der Waals surface area contributed by atoms with Crippen molar-refractivity contribution in [2.75, 3.05) is 5.75 Å². The van der Waals surface area contributed by atoms with Gasteiger partial charge in [-0.3, -0.25) is 0 Å². The molecule has 1 aromatic carbocycles. The molecule has 0 saturated heterocycles. The highest BCUT2D eigenvalue weighted by molar-refractivity contribution is 7.99. The number of benzene rings is 1. The van der Waals surface area contributed by atoms with Crippen LogP contribution < -0.4 is 0 Å². The molecule has 15 heavy (non-hydrogen) atoms. The number of rotatable bonds is 4. The van der Waals surface area contributed by atoms with Crippen molar-refractivity contribution in [1.82, 2.24) is 0 Å². The lowest BCUT2D eigenvalue weighted by Gasteiger charge is -2.27. The zero-order chi connectivity index (χ0) is 11.5. The molecule has 0 aliphatic rings. The molecule has 0 bridgehead atoms. The molecule has 1 atom stereocenters. The van der Waals surface area contributed by atoms with E-state index < -0.39 is 5.60 Å². The predicted octanol–water partition coefficient (Wildman–Crippen LogP) is 3.32. The van der Waals surface area contributed by atoms with Crippen LogP contribution in [-0.4, -0.2) is 16.5 Å². The molecular weight excluding hydrogens is 211 g/mol. The van der Waals surface area contributed by atoms with Crippen molar-refractivity contribution in [1.29, 1.82) is 0 Å². The minimum atomic E-state index is -0.681. The maximum atomic E-state index is 12.6. The van der Waals surface area contributed by atoms with E-state index in [9.17, 15) is 9.50 Å². The van der Waals surface area contributed by atoms with Gasteiger partial charge in [-0.05, 0) is 37.1 Å². The smallest absolute Gasteiger partial charge is 0.123 e. The van der Waals surface area contributed by atoms with Crippen LogP contribution in [0, 0.1) is 11.7 Å². The van der Waals surface area contributed by atoms with Crippen LogP contribution >= 0.6 is 11.8 Å². The van der Waals surface area contributed by atoms with Crippen LogP contribution in [0.25, 0.3) is 0 Å². The van der Waals surface area contributed by atoms with Crippen LogP contribution in [0.4, 0.5) is 4.39 Å². The first-order valence-corrected chi connectivity index (χ1v) is 6.01. The summed E-state index contributed by atoms with van der Waals surface area (Å²) < 4.78 is 12.6. The Kier molecular flexibility index (Phi) is 4.17. The lowest BCUT2D eigenvalue weighted by atomic mass is 9.95. The second-order valence-corrected chi connectivity index (χ2v) is 5.30. The highest BCUT2D eigenvalue weighted by Crippen LogP contribution is 2.26. The summed E-state index contributed by atoms with van der Waals surface area (Å²) in [5, 5.41) is 10.0. The Morgan fingerprint density at radius 3 is 2.33 bits per heavy atom. The zero-order valence-corrected chi connectivity index (χ0v) is 10.1. The Morgan fingerprint density at radius 2 is 1.87 bits per heavy atom. The van der Waals surface area contributed by atoms with Crippen LogP contribution in [0.15, 0.2) is 29.2 Å². The largest absolute Gasteiger partial charge is 0.389 e. The number of halogens is 1. The van der Waals surface area contributed by atoms with Gasteiger partial charge < -0.3 is 5.11 Å². The van der Waals surface area contributed by atoms with Crippen molar-refractivity contribution in [2.24, 2.45) is 5.92 Å². The van der Waals surface area contributed by atoms with Gasteiger partial charge in [0.05, 0.1) is 5.60 Å². The van der Waals surface area contributed by atoms with Crippen LogP contribution in [0.1, 0.15) is 20.8 Å². The van der Waals surface area contributed by atoms with Gasteiger partial charge in [0.25, 0.3) is 0 Å². The van der Waals surface area contributed by atoms with E-state index in [4.69, 9.17) is 0 Å². The average Bonchev–Trinajstić information content (AvgIpc) is 2.17. The fraction of sp³-hybridized carbons (Fsp3) is 0.500. The summed E-state index contributed by atoms with van der Waals surface area (Å²) in [4.78, 5) is 0.984. The van der Waals surface area contributed by atoms with Gasteiger partial charge in [0, 0.05) is 10.6 Å². The summed E-state index contributed by atoms with van der Waals surface area (Å²) in [5.41, 5.74) is -0.681. The molecule has 0 aliphatic carbocycles. The molecule has 1 unspecified atom stereocenters. The number of thioether (sulfide) groups is 1. The van der Waals surface area contributed by atoms with E-state index in [1.54, 1.807) is 23.9 Å². The highest BCUT2D eigenvalue weighted by atomic mass is 32.2. The number of hydrogen-bond acceptors (Lipinski definition) is 2. The average molecular weight is 228 g/mol. The van der Waals surface area contributed by atoms with E-state index in [0.29, 0.717) is 5.75 Å². The van der Waals surface area contributed by atoms with E-state index in [1.165, 1.54) is 12.1 Å². The van der Waals surface area contributed by atoms with Crippen LogP contribution in [-0.2, 0) is 0 Å². The van der Waals surface area contributed by atoms with Gasteiger partial charge in [0.15, 0.2) is 0 Å². The Hall–Kier alpha value is -0.540. The first-order chi connectivity index (χ1) is 6.92. The van der Waals surface area contributed by atoms with E-state index in [1.807, 2.05) is 20.8 Å². The van der Waals surface area contributed by atoms with E-state index >= 15 is 0 Å². The van der Waals surface area contributed by atoms with Gasteiger partial charge in [-0.1, -0.05) is 13.8 Å². The molecule has 0 aliphatic heterocycles. The van der Waals surface area contributed by atoms with Crippen LogP contribution in [0.5, 0.6) is 0 Å². The maximum absolute atomic E-state index is 12.6. The molecule has 0 amide bonds. The fourth-order valence-corrected chi connectivity index (χ4v) is 2.05. The van der Waals surface area contributed by atoms with E-state index in [0.717, 1.165) is 4.90 Å². The van der Waals surface area contributed by atoms with Crippen molar-refractivity contribution in [3.05, 3.63) is 30.1 Å². The lowest BCUT2D eigenvalue weighted by molar-refractivity contribution is 0.0376. The summed E-state index contributed by atoms with van der Waals surface area (Å²) in [6, 6.07) is 6.34. The van der Waals surface area contributed by atoms with Gasteiger partial charge in [-0.15, -0.1) is 11.8 Å². The normalized spacial score (nSPS) is 15.3. The number of hydrogen-bond donors (Lipinski definition) is 1. The molecule has 1 aromatic rings.